The second-order valence-corrected chi connectivity index (χ2v) is 7.11. The van der Waals surface area contributed by atoms with E-state index in [0.717, 1.165) is 0 Å². The number of methoxy groups -OCH3 is 1. The predicted molar refractivity (Wildman–Crippen MR) is 69.7 cm³/mol. The summed E-state index contributed by atoms with van der Waals surface area (Å²) in [6, 6.07) is 4.82. The highest BCUT2D eigenvalue weighted by molar-refractivity contribution is 7.94. The molecule has 1 rings (SSSR count). The van der Waals surface area contributed by atoms with Gasteiger partial charge in [0.25, 0.3) is 0 Å². The van der Waals surface area contributed by atoms with Crippen LogP contribution in [-0.4, -0.2) is 20.3 Å². The summed E-state index contributed by atoms with van der Waals surface area (Å²) < 4.78 is 30.5. The van der Waals surface area contributed by atoms with Crippen LogP contribution >= 0.6 is 0 Å². The van der Waals surface area contributed by atoms with Crippen molar-refractivity contribution in [3.63, 3.8) is 0 Å². The molecular formula is C11H18N2O3S. The Balaban J connectivity index is 3.12. The van der Waals surface area contributed by atoms with Crippen molar-refractivity contribution in [1.82, 2.24) is 0 Å². The molecule has 1 aromatic carbocycles. The van der Waals surface area contributed by atoms with Crippen LogP contribution in [0.25, 0.3) is 0 Å². The van der Waals surface area contributed by atoms with Crippen molar-refractivity contribution in [3.05, 3.63) is 18.2 Å². The average Bonchev–Trinajstić information content (AvgIpc) is 2.19. The van der Waals surface area contributed by atoms with Gasteiger partial charge in [-0.05, 0) is 32.9 Å². The third-order valence-electron chi connectivity index (χ3n) is 2.31. The minimum Gasteiger partial charge on any atom is -0.497 e. The average molecular weight is 258 g/mol. The number of hydrogen-bond donors (Lipinski definition) is 2. The van der Waals surface area contributed by atoms with E-state index >= 15 is 0 Å². The molecule has 3 N–H and O–H groups in total. The van der Waals surface area contributed by atoms with Gasteiger partial charge in [0.1, 0.15) is 5.75 Å². The van der Waals surface area contributed by atoms with Crippen molar-refractivity contribution < 1.29 is 13.2 Å². The first-order valence-corrected chi connectivity index (χ1v) is 6.61. The highest BCUT2D eigenvalue weighted by Crippen LogP contribution is 2.27. The van der Waals surface area contributed by atoms with Crippen molar-refractivity contribution >= 4 is 21.4 Å². The number of ether oxygens (including phenoxy) is 1. The van der Waals surface area contributed by atoms with Crippen LogP contribution in [0.1, 0.15) is 20.8 Å². The molecule has 0 amide bonds. The lowest BCUT2D eigenvalue weighted by Crippen LogP contribution is -2.33. The first kappa shape index (κ1) is 13.6. The maximum Gasteiger partial charge on any atom is 0.237 e. The van der Waals surface area contributed by atoms with Crippen molar-refractivity contribution in [2.75, 3.05) is 17.6 Å². The van der Waals surface area contributed by atoms with E-state index in [1.807, 2.05) is 0 Å². The summed E-state index contributed by atoms with van der Waals surface area (Å²) in [6.45, 7) is 4.85. The molecule has 0 aliphatic rings. The molecule has 0 aliphatic carbocycles. The van der Waals surface area contributed by atoms with E-state index in [1.165, 1.54) is 7.11 Å². The fraction of sp³-hybridized carbons (Fsp3) is 0.455. The smallest absolute Gasteiger partial charge is 0.237 e. The SMILES string of the molecule is COc1ccc(N)c(NS(=O)(=O)C(C)(C)C)c1. The Labute approximate surface area is 102 Å². The largest absolute Gasteiger partial charge is 0.497 e. The Morgan fingerprint density at radius 1 is 1.29 bits per heavy atom. The predicted octanol–water partition coefficient (Wildman–Crippen LogP) is 1.82. The minimum absolute atomic E-state index is 0.333. The number of nitrogens with one attached hydrogen (secondary N) is 1. The Bertz CT molecular complexity index is 504. The van der Waals surface area contributed by atoms with Crippen LogP contribution in [0.5, 0.6) is 5.75 Å². The summed E-state index contributed by atoms with van der Waals surface area (Å²) >= 11 is 0. The molecule has 0 unspecified atom stereocenters. The molecule has 6 heteroatoms. The number of nitrogen functional groups attached to an aromatic ring is 1. The van der Waals surface area contributed by atoms with Crippen LogP contribution < -0.4 is 15.2 Å². The molecule has 0 aliphatic heterocycles. The van der Waals surface area contributed by atoms with Gasteiger partial charge in [0, 0.05) is 6.07 Å². The zero-order valence-corrected chi connectivity index (χ0v) is 11.3. The van der Waals surface area contributed by atoms with Gasteiger partial charge in [-0.25, -0.2) is 8.42 Å². The van der Waals surface area contributed by atoms with Crippen LogP contribution in [0.15, 0.2) is 18.2 Å². The third-order valence-corrected chi connectivity index (χ3v) is 4.41. The summed E-state index contributed by atoms with van der Waals surface area (Å²) in [4.78, 5) is 0. The molecule has 0 atom stereocenters. The minimum atomic E-state index is -3.48. The lowest BCUT2D eigenvalue weighted by molar-refractivity contribution is 0.415. The normalized spacial score (nSPS) is 12.2. The van der Waals surface area contributed by atoms with Crippen molar-refractivity contribution in [2.45, 2.75) is 25.5 Å². The fourth-order valence-electron chi connectivity index (χ4n) is 1.05. The standard InChI is InChI=1S/C11H18N2O3S/c1-11(2,3)17(14,15)13-10-7-8(16-4)5-6-9(10)12/h5-7,13H,12H2,1-4H3. The van der Waals surface area contributed by atoms with Gasteiger partial charge in [-0.1, -0.05) is 0 Å². The van der Waals surface area contributed by atoms with Crippen LogP contribution in [0.3, 0.4) is 0 Å². The molecule has 0 fully saturated rings. The van der Waals surface area contributed by atoms with E-state index in [0.29, 0.717) is 17.1 Å². The van der Waals surface area contributed by atoms with Crippen LogP contribution in [-0.2, 0) is 10.0 Å². The molecule has 5 nitrogen and oxygen atoms in total. The second kappa shape index (κ2) is 4.44. The van der Waals surface area contributed by atoms with E-state index in [9.17, 15) is 8.42 Å². The summed E-state index contributed by atoms with van der Waals surface area (Å²) in [5, 5.41) is 0. The van der Waals surface area contributed by atoms with E-state index in [1.54, 1.807) is 39.0 Å². The number of anilines is 2. The zero-order chi connectivity index (χ0) is 13.3. The third kappa shape index (κ3) is 3.03. The molecule has 0 aromatic heterocycles. The Morgan fingerprint density at radius 3 is 2.35 bits per heavy atom. The molecular weight excluding hydrogens is 240 g/mol. The van der Waals surface area contributed by atoms with E-state index < -0.39 is 14.8 Å². The highest BCUT2D eigenvalue weighted by Gasteiger charge is 2.29. The first-order valence-electron chi connectivity index (χ1n) is 5.13. The van der Waals surface area contributed by atoms with Crippen molar-refractivity contribution in [2.24, 2.45) is 0 Å². The van der Waals surface area contributed by atoms with Gasteiger partial charge in [0.05, 0.1) is 23.2 Å². The Morgan fingerprint density at radius 2 is 1.88 bits per heavy atom. The number of nitrogens with two attached hydrogens (primary N) is 1. The monoisotopic (exact) mass is 258 g/mol. The Hall–Kier alpha value is -1.43. The topological polar surface area (TPSA) is 81.4 Å². The fourth-order valence-corrected chi connectivity index (χ4v) is 1.82. The van der Waals surface area contributed by atoms with Gasteiger partial charge >= 0.3 is 0 Å². The van der Waals surface area contributed by atoms with Crippen molar-refractivity contribution in [1.29, 1.82) is 0 Å². The summed E-state index contributed by atoms with van der Waals surface area (Å²) in [7, 11) is -1.98. The Kier molecular flexibility index (Phi) is 3.56. The molecule has 1 aromatic rings. The first-order chi connectivity index (χ1) is 7.67. The number of hydrogen-bond acceptors (Lipinski definition) is 4. The lowest BCUT2D eigenvalue weighted by Gasteiger charge is -2.21. The van der Waals surface area contributed by atoms with E-state index in [4.69, 9.17) is 10.5 Å². The van der Waals surface area contributed by atoms with Gasteiger partial charge in [-0.2, -0.15) is 0 Å². The van der Waals surface area contributed by atoms with Crippen LogP contribution in [0, 0.1) is 0 Å². The van der Waals surface area contributed by atoms with Gasteiger partial charge in [-0.3, -0.25) is 4.72 Å². The number of sulfonamides is 1. The number of rotatable bonds is 3. The molecule has 0 bridgehead atoms. The molecule has 0 spiro atoms. The van der Waals surface area contributed by atoms with Crippen LogP contribution in [0.4, 0.5) is 11.4 Å². The molecule has 0 heterocycles. The van der Waals surface area contributed by atoms with Gasteiger partial charge in [-0.15, -0.1) is 0 Å². The zero-order valence-electron chi connectivity index (χ0n) is 10.4. The molecule has 0 saturated carbocycles. The van der Waals surface area contributed by atoms with Gasteiger partial charge in [0.2, 0.25) is 10.0 Å². The molecule has 0 saturated heterocycles. The summed E-state index contributed by atoms with van der Waals surface area (Å²) in [5.74, 6) is 0.547. The van der Waals surface area contributed by atoms with E-state index in [-0.39, 0.29) is 0 Å². The van der Waals surface area contributed by atoms with Crippen LogP contribution in [0.2, 0.25) is 0 Å². The summed E-state index contributed by atoms with van der Waals surface area (Å²) in [6.07, 6.45) is 0. The lowest BCUT2D eigenvalue weighted by atomic mass is 10.2. The maximum absolute atomic E-state index is 12.0. The molecule has 0 radical (unpaired) electrons. The summed E-state index contributed by atoms with van der Waals surface area (Å²) in [5.41, 5.74) is 6.40. The van der Waals surface area contributed by atoms with Crippen molar-refractivity contribution in [3.8, 4) is 5.75 Å². The maximum atomic E-state index is 12.0. The van der Waals surface area contributed by atoms with Gasteiger partial charge in [0.15, 0.2) is 0 Å². The second-order valence-electron chi connectivity index (χ2n) is 4.67. The molecule has 96 valence electrons. The number of benzene rings is 1. The highest BCUT2D eigenvalue weighted by atomic mass is 32.2. The van der Waals surface area contributed by atoms with E-state index in [2.05, 4.69) is 4.72 Å². The molecule has 17 heavy (non-hydrogen) atoms. The quantitative estimate of drug-likeness (QED) is 0.810. The van der Waals surface area contributed by atoms with Gasteiger partial charge < -0.3 is 10.5 Å².